The summed E-state index contributed by atoms with van der Waals surface area (Å²) >= 11 is 0. The molecule has 0 aliphatic carbocycles. The molecule has 0 unspecified atom stereocenters. The average Bonchev–Trinajstić information content (AvgIpc) is 4.12. The van der Waals surface area contributed by atoms with Gasteiger partial charge in [-0.05, 0) is 79.9 Å². The van der Waals surface area contributed by atoms with Crippen LogP contribution in [0.4, 0.5) is 0 Å². The number of carbonyl (C=O) groups is 1. The van der Waals surface area contributed by atoms with Crippen LogP contribution >= 0.6 is 0 Å². The van der Waals surface area contributed by atoms with Gasteiger partial charge >= 0.3 is 19.5 Å². The summed E-state index contributed by atoms with van der Waals surface area (Å²) in [7, 11) is 0. The van der Waals surface area contributed by atoms with Crippen LogP contribution in [0.15, 0.2) is 164 Å². The van der Waals surface area contributed by atoms with Crippen LogP contribution < -0.4 is 9.97 Å². The molecule has 2 aliphatic rings. The zero-order chi connectivity index (χ0) is 38.8. The van der Waals surface area contributed by atoms with Crippen LogP contribution in [0.1, 0.15) is 44.3 Å². The number of aromatic nitrogens is 4. The Bertz CT molecular complexity index is 3090. The summed E-state index contributed by atoms with van der Waals surface area (Å²) in [5.74, 6) is 0. The van der Waals surface area contributed by atoms with Crippen LogP contribution in [-0.4, -0.2) is 16.3 Å². The molecule has 59 heavy (non-hydrogen) atoms. The van der Waals surface area contributed by atoms with Gasteiger partial charge in [0.05, 0.1) is 22.8 Å². The number of hydrogen-bond acceptors (Lipinski definition) is 3. The molecule has 6 heteroatoms. The summed E-state index contributed by atoms with van der Waals surface area (Å²) in [5, 5.41) is 0. The summed E-state index contributed by atoms with van der Waals surface area (Å²) in [6.45, 7) is 0. The van der Waals surface area contributed by atoms with E-state index in [1.165, 1.54) is 0 Å². The summed E-state index contributed by atoms with van der Waals surface area (Å²) < 4.78 is 0. The van der Waals surface area contributed by atoms with Crippen LogP contribution in [0, 0.1) is 0 Å². The van der Waals surface area contributed by atoms with Crippen molar-refractivity contribution in [2.75, 3.05) is 0 Å². The van der Waals surface area contributed by atoms with Crippen molar-refractivity contribution in [1.82, 2.24) is 19.9 Å². The Morgan fingerprint density at radius 3 is 1.22 bits per heavy atom. The molecule has 0 saturated heterocycles. The zero-order valence-corrected chi connectivity index (χ0v) is 35.0. The topological polar surface area (TPSA) is 71.1 Å². The number of carbonyl (C=O) groups excluding carboxylic acids is 1. The number of fused-ring (bicyclic) bond motifs is 8. The van der Waals surface area contributed by atoms with Gasteiger partial charge in [0.2, 0.25) is 0 Å². The maximum absolute atomic E-state index is 11.4. The Balaban J connectivity index is 0.00000449. The SMILES string of the molecule is O=Cc1ccc(/C=C/c2cc3[n-]c2c(-c2ccccc2)c2nc(c(-c4ccccc4)c4ccc([n-]4)c(-c4ccccc4)c4nc(c3-c3ccccc3)C=C4)C=C2)cc1.[Zn+2]. The third-order valence-corrected chi connectivity index (χ3v) is 10.5. The molecule has 10 rings (SSSR count). The molecule has 5 heterocycles. The predicted molar refractivity (Wildman–Crippen MR) is 239 cm³/mol. The molecule has 3 aromatic heterocycles. The molecular formula is C53H34N4OZn. The Labute approximate surface area is 355 Å². The predicted octanol–water partition coefficient (Wildman–Crippen LogP) is 12.6. The first-order chi connectivity index (χ1) is 28.7. The summed E-state index contributed by atoms with van der Waals surface area (Å²) in [6.07, 6.45) is 13.4. The smallest absolute Gasteiger partial charge is 0.657 e. The van der Waals surface area contributed by atoms with Gasteiger partial charge in [-0.1, -0.05) is 176 Å². The van der Waals surface area contributed by atoms with E-state index in [2.05, 4.69) is 127 Å². The molecule has 0 N–H and O–H groups in total. The normalized spacial score (nSPS) is 11.8. The van der Waals surface area contributed by atoms with Gasteiger partial charge in [-0.3, -0.25) is 4.79 Å². The molecule has 5 aromatic carbocycles. The molecule has 8 aromatic rings. The van der Waals surface area contributed by atoms with Gasteiger partial charge in [0.1, 0.15) is 6.29 Å². The van der Waals surface area contributed by atoms with E-state index in [9.17, 15) is 4.79 Å². The summed E-state index contributed by atoms with van der Waals surface area (Å²) in [6, 6.07) is 55.3. The van der Waals surface area contributed by atoms with E-state index in [4.69, 9.17) is 19.9 Å². The van der Waals surface area contributed by atoms with E-state index in [-0.39, 0.29) is 19.5 Å². The van der Waals surface area contributed by atoms with Gasteiger partial charge in [-0.15, -0.1) is 22.1 Å². The fourth-order valence-electron chi connectivity index (χ4n) is 7.79. The molecule has 0 saturated carbocycles. The molecule has 0 spiro atoms. The van der Waals surface area contributed by atoms with Gasteiger partial charge in [-0.25, -0.2) is 9.97 Å². The third-order valence-electron chi connectivity index (χ3n) is 10.5. The monoisotopic (exact) mass is 806 g/mol. The van der Waals surface area contributed by atoms with Gasteiger partial charge in [-0.2, -0.15) is 0 Å². The number of rotatable bonds is 7. The molecule has 0 radical (unpaired) electrons. The van der Waals surface area contributed by atoms with Gasteiger partial charge in [0, 0.05) is 5.56 Å². The Morgan fingerprint density at radius 1 is 0.390 bits per heavy atom. The number of hydrogen-bond donors (Lipinski definition) is 0. The van der Waals surface area contributed by atoms with Crippen LogP contribution in [0.25, 0.3) is 103 Å². The van der Waals surface area contributed by atoms with Crippen LogP contribution in [0.5, 0.6) is 0 Å². The van der Waals surface area contributed by atoms with Crippen molar-refractivity contribution in [3.63, 3.8) is 0 Å². The zero-order valence-electron chi connectivity index (χ0n) is 32.0. The van der Waals surface area contributed by atoms with Crippen LogP contribution in [0.2, 0.25) is 0 Å². The van der Waals surface area contributed by atoms with E-state index in [1.807, 2.05) is 72.8 Å². The van der Waals surface area contributed by atoms with Crippen molar-refractivity contribution in [3.8, 4) is 44.5 Å². The minimum Gasteiger partial charge on any atom is -0.657 e. The molecule has 5 nitrogen and oxygen atoms in total. The van der Waals surface area contributed by atoms with E-state index in [0.29, 0.717) is 5.56 Å². The van der Waals surface area contributed by atoms with Crippen molar-refractivity contribution >= 4 is 64.8 Å². The first-order valence-electron chi connectivity index (χ1n) is 19.2. The van der Waals surface area contributed by atoms with E-state index in [1.54, 1.807) is 0 Å². The second kappa shape index (κ2) is 16.3. The maximum atomic E-state index is 11.4. The van der Waals surface area contributed by atoms with Gasteiger partial charge in [0.25, 0.3) is 0 Å². The maximum Gasteiger partial charge on any atom is 2.00 e. The average molecular weight is 808 g/mol. The minimum absolute atomic E-state index is 0. The molecule has 0 fully saturated rings. The van der Waals surface area contributed by atoms with E-state index in [0.717, 1.165) is 107 Å². The van der Waals surface area contributed by atoms with Gasteiger partial charge < -0.3 is 9.97 Å². The van der Waals surface area contributed by atoms with E-state index >= 15 is 0 Å². The number of aldehydes is 1. The summed E-state index contributed by atoms with van der Waals surface area (Å²) in [5.41, 5.74) is 16.8. The first-order valence-corrected chi connectivity index (χ1v) is 19.2. The van der Waals surface area contributed by atoms with Crippen molar-refractivity contribution < 1.29 is 24.3 Å². The van der Waals surface area contributed by atoms with Crippen molar-refractivity contribution in [1.29, 1.82) is 0 Å². The van der Waals surface area contributed by atoms with Crippen molar-refractivity contribution in [2.45, 2.75) is 0 Å². The fraction of sp³-hybridized carbons (Fsp3) is 0. The standard InChI is InChI=1S/C53H35N4O.Zn/c58-34-36-23-21-35(22-24-36)25-26-41-33-48-51(39-17-9-3-10-18-39)46-30-29-44(55-46)49(37-13-5-1-6-14-37)42-27-28-43(54-42)50(38-15-7-2-8-16-38)45-31-32-47(56-45)52(53(41)57-48)40-19-11-4-12-20-40;/h1-34H,(H-,54,55,56,57,58);/q-1;+2/p-1. The number of benzene rings is 5. The minimum atomic E-state index is 0. The number of nitrogens with zero attached hydrogens (tertiary/aromatic N) is 4. The Hall–Kier alpha value is -7.27. The third kappa shape index (κ3) is 7.27. The van der Waals surface area contributed by atoms with Gasteiger partial charge in [0.15, 0.2) is 0 Å². The molecule has 274 valence electrons. The second-order valence-corrected chi connectivity index (χ2v) is 14.2. The fourth-order valence-corrected chi connectivity index (χ4v) is 7.79. The summed E-state index contributed by atoms with van der Waals surface area (Å²) in [4.78, 5) is 33.2. The van der Waals surface area contributed by atoms with Crippen molar-refractivity contribution in [3.05, 3.63) is 203 Å². The Kier molecular flexibility index (Phi) is 10.3. The van der Waals surface area contributed by atoms with Crippen LogP contribution in [-0.2, 0) is 19.5 Å². The van der Waals surface area contributed by atoms with E-state index < -0.39 is 0 Å². The molecule has 0 atom stereocenters. The molecule has 2 aliphatic heterocycles. The van der Waals surface area contributed by atoms with Crippen molar-refractivity contribution in [2.24, 2.45) is 0 Å². The molecule has 8 bridgehead atoms. The van der Waals surface area contributed by atoms with Crippen LogP contribution in [0.3, 0.4) is 0 Å². The quantitative estimate of drug-likeness (QED) is 0.118. The largest absolute Gasteiger partial charge is 2.00 e. The second-order valence-electron chi connectivity index (χ2n) is 14.2. The Morgan fingerprint density at radius 2 is 0.780 bits per heavy atom. The molecular weight excluding hydrogens is 774 g/mol. The molecule has 0 amide bonds. The first kappa shape index (κ1) is 37.3.